The lowest BCUT2D eigenvalue weighted by Crippen LogP contribution is -2.26. The summed E-state index contributed by atoms with van der Waals surface area (Å²) >= 11 is 0. The van der Waals surface area contributed by atoms with Gasteiger partial charge in [0.1, 0.15) is 0 Å². The quantitative estimate of drug-likeness (QED) is 0.386. The van der Waals surface area contributed by atoms with Crippen LogP contribution in [0.2, 0.25) is 0 Å². The van der Waals surface area contributed by atoms with Crippen LogP contribution < -0.4 is 0 Å². The molecule has 5 nitrogen and oxygen atoms in total. The van der Waals surface area contributed by atoms with Crippen LogP contribution in [0.15, 0.2) is 0 Å². The number of rotatable bonds is 2. The summed E-state index contributed by atoms with van der Waals surface area (Å²) < 4.78 is 8.80. The van der Waals surface area contributed by atoms with Crippen molar-refractivity contribution in [2.45, 2.75) is 32.6 Å². The molecule has 0 aliphatic heterocycles. The summed E-state index contributed by atoms with van der Waals surface area (Å²) in [5.41, 5.74) is 0. The van der Waals surface area contributed by atoms with Crippen LogP contribution in [-0.4, -0.2) is 24.5 Å². The van der Waals surface area contributed by atoms with Gasteiger partial charge in [0.2, 0.25) is 0 Å². The van der Waals surface area contributed by atoms with E-state index in [1.165, 1.54) is 0 Å². The second-order valence-corrected chi connectivity index (χ2v) is 3.41. The maximum absolute atomic E-state index is 11.3. The molecule has 0 N–H and O–H groups in total. The lowest BCUT2D eigenvalue weighted by molar-refractivity contribution is -0.174. The maximum atomic E-state index is 11.3. The molecule has 0 radical (unpaired) electrons. The molecule has 0 bridgehead atoms. The largest absolute Gasteiger partial charge is 0.458 e. The van der Waals surface area contributed by atoms with Crippen LogP contribution >= 0.6 is 0 Å². The highest BCUT2D eigenvalue weighted by Gasteiger charge is 2.28. The molecule has 0 heterocycles. The van der Waals surface area contributed by atoms with Crippen molar-refractivity contribution in [3.63, 3.8) is 0 Å². The van der Waals surface area contributed by atoms with Gasteiger partial charge in [-0.2, -0.15) is 0 Å². The molecule has 0 saturated heterocycles. The molecule has 1 aliphatic rings. The smallest absolute Gasteiger partial charge is 0.425 e. The Morgan fingerprint density at radius 2 is 1.73 bits per heavy atom. The molecule has 0 atom stereocenters. The SMILES string of the molecule is CCOC(=O)C(=O)OC(=O)C1CCCC1. The van der Waals surface area contributed by atoms with Gasteiger partial charge in [0.25, 0.3) is 0 Å². The van der Waals surface area contributed by atoms with Crippen LogP contribution in [0.3, 0.4) is 0 Å². The minimum absolute atomic E-state index is 0.0888. The molecular weight excluding hydrogens is 200 g/mol. The van der Waals surface area contributed by atoms with Gasteiger partial charge in [0.05, 0.1) is 12.5 Å². The molecule has 15 heavy (non-hydrogen) atoms. The first-order chi connectivity index (χ1) is 7.15. The molecule has 0 aromatic carbocycles. The fraction of sp³-hybridized carbons (Fsp3) is 0.700. The zero-order valence-corrected chi connectivity index (χ0v) is 8.65. The molecule has 1 rings (SSSR count). The number of esters is 3. The summed E-state index contributed by atoms with van der Waals surface area (Å²) in [5.74, 6) is -3.16. The Hall–Kier alpha value is -1.39. The van der Waals surface area contributed by atoms with Gasteiger partial charge in [0.15, 0.2) is 0 Å². The van der Waals surface area contributed by atoms with Gasteiger partial charge in [-0.1, -0.05) is 12.8 Å². The van der Waals surface area contributed by atoms with E-state index in [4.69, 9.17) is 0 Å². The highest BCUT2D eigenvalue weighted by atomic mass is 16.6. The van der Waals surface area contributed by atoms with Gasteiger partial charge in [0, 0.05) is 0 Å². The molecule has 0 spiro atoms. The predicted octanol–water partition coefficient (Wildman–Crippen LogP) is 0.809. The van der Waals surface area contributed by atoms with Crippen molar-refractivity contribution in [3.05, 3.63) is 0 Å². The molecule has 0 amide bonds. The molecule has 5 heteroatoms. The molecule has 1 saturated carbocycles. The summed E-state index contributed by atoms with van der Waals surface area (Å²) in [6.45, 7) is 1.66. The first kappa shape index (κ1) is 11.7. The van der Waals surface area contributed by atoms with Crippen molar-refractivity contribution < 1.29 is 23.9 Å². The Morgan fingerprint density at radius 3 is 2.27 bits per heavy atom. The van der Waals surface area contributed by atoms with E-state index in [0.717, 1.165) is 25.7 Å². The number of hydrogen-bond acceptors (Lipinski definition) is 5. The van der Waals surface area contributed by atoms with E-state index >= 15 is 0 Å². The van der Waals surface area contributed by atoms with Crippen LogP contribution in [-0.2, 0) is 23.9 Å². The molecule has 0 aromatic rings. The third kappa shape index (κ3) is 3.34. The van der Waals surface area contributed by atoms with Crippen molar-refractivity contribution in [2.75, 3.05) is 6.61 Å². The standard InChI is InChI=1S/C10H14O5/c1-2-14-9(12)10(13)15-8(11)7-5-3-4-6-7/h7H,2-6H2,1H3. The van der Waals surface area contributed by atoms with Gasteiger partial charge >= 0.3 is 17.9 Å². The molecule has 1 aliphatic carbocycles. The Morgan fingerprint density at radius 1 is 1.13 bits per heavy atom. The Bertz CT molecular complexity index is 265. The summed E-state index contributed by atoms with van der Waals surface area (Å²) in [6.07, 6.45) is 3.39. The minimum Gasteiger partial charge on any atom is -0.458 e. The first-order valence-corrected chi connectivity index (χ1v) is 5.08. The molecule has 0 aromatic heterocycles. The third-order valence-electron chi connectivity index (χ3n) is 2.32. The van der Waals surface area contributed by atoms with E-state index in [1.54, 1.807) is 6.92 Å². The number of hydrogen-bond donors (Lipinski definition) is 0. The monoisotopic (exact) mass is 214 g/mol. The van der Waals surface area contributed by atoms with Crippen molar-refractivity contribution in [2.24, 2.45) is 5.92 Å². The highest BCUT2D eigenvalue weighted by molar-refractivity contribution is 6.31. The second-order valence-electron chi connectivity index (χ2n) is 3.41. The van der Waals surface area contributed by atoms with Crippen LogP contribution in [0.5, 0.6) is 0 Å². The summed E-state index contributed by atoms with van der Waals surface area (Å²) in [4.78, 5) is 33.1. The summed E-state index contributed by atoms with van der Waals surface area (Å²) in [6, 6.07) is 0. The van der Waals surface area contributed by atoms with Gasteiger partial charge in [-0.3, -0.25) is 4.79 Å². The average molecular weight is 214 g/mol. The highest BCUT2D eigenvalue weighted by Crippen LogP contribution is 2.25. The predicted molar refractivity (Wildman–Crippen MR) is 49.7 cm³/mol. The summed E-state index contributed by atoms with van der Waals surface area (Å²) in [7, 11) is 0. The molecule has 0 unspecified atom stereocenters. The lowest BCUT2D eigenvalue weighted by Gasteiger charge is -2.06. The topological polar surface area (TPSA) is 69.7 Å². The maximum Gasteiger partial charge on any atom is 0.425 e. The van der Waals surface area contributed by atoms with Crippen molar-refractivity contribution in [1.82, 2.24) is 0 Å². The van der Waals surface area contributed by atoms with Crippen molar-refractivity contribution >= 4 is 17.9 Å². The first-order valence-electron chi connectivity index (χ1n) is 5.08. The normalized spacial score (nSPS) is 16.1. The number of carbonyl (C=O) groups is 3. The van der Waals surface area contributed by atoms with Crippen LogP contribution in [0.25, 0.3) is 0 Å². The van der Waals surface area contributed by atoms with E-state index in [1.807, 2.05) is 0 Å². The fourth-order valence-electron chi connectivity index (χ4n) is 1.57. The molecule has 1 fully saturated rings. The summed E-state index contributed by atoms with van der Waals surface area (Å²) in [5, 5.41) is 0. The van der Waals surface area contributed by atoms with E-state index in [0.29, 0.717) is 0 Å². The zero-order chi connectivity index (χ0) is 11.3. The minimum atomic E-state index is -1.21. The van der Waals surface area contributed by atoms with Gasteiger partial charge in [-0.25, -0.2) is 9.59 Å². The van der Waals surface area contributed by atoms with E-state index in [-0.39, 0.29) is 12.5 Å². The third-order valence-corrected chi connectivity index (χ3v) is 2.32. The van der Waals surface area contributed by atoms with Crippen molar-refractivity contribution in [1.29, 1.82) is 0 Å². The molecule has 84 valence electrons. The molecular formula is C10H14O5. The van der Waals surface area contributed by atoms with Gasteiger partial charge in [-0.05, 0) is 19.8 Å². The Balaban J connectivity index is 2.36. The van der Waals surface area contributed by atoms with Crippen LogP contribution in [0, 0.1) is 5.92 Å². The number of carbonyl (C=O) groups excluding carboxylic acids is 3. The van der Waals surface area contributed by atoms with Gasteiger partial charge in [-0.15, -0.1) is 0 Å². The Labute approximate surface area is 87.7 Å². The van der Waals surface area contributed by atoms with E-state index in [2.05, 4.69) is 9.47 Å². The second kappa shape index (κ2) is 5.48. The van der Waals surface area contributed by atoms with Crippen LogP contribution in [0.4, 0.5) is 0 Å². The van der Waals surface area contributed by atoms with Crippen molar-refractivity contribution in [3.8, 4) is 0 Å². The number of ether oxygens (including phenoxy) is 2. The average Bonchev–Trinajstić information content (AvgIpc) is 2.70. The lowest BCUT2D eigenvalue weighted by atomic mass is 10.1. The van der Waals surface area contributed by atoms with E-state index in [9.17, 15) is 14.4 Å². The zero-order valence-electron chi connectivity index (χ0n) is 8.65. The van der Waals surface area contributed by atoms with Gasteiger partial charge < -0.3 is 9.47 Å². The Kier molecular flexibility index (Phi) is 4.27. The van der Waals surface area contributed by atoms with E-state index < -0.39 is 17.9 Å². The fourth-order valence-corrected chi connectivity index (χ4v) is 1.57. The van der Waals surface area contributed by atoms with Crippen LogP contribution in [0.1, 0.15) is 32.6 Å².